The monoisotopic (exact) mass is 1540 g/mol. The Morgan fingerprint density at radius 3 is 1.51 bits per heavy atom. The van der Waals surface area contributed by atoms with Gasteiger partial charge >= 0.3 is 0 Å². The molecule has 0 atom stereocenters. The highest BCUT2D eigenvalue weighted by Gasteiger charge is 2.48. The van der Waals surface area contributed by atoms with Gasteiger partial charge in [-0.3, -0.25) is 28.8 Å². The zero-order chi connectivity index (χ0) is 78.2. The van der Waals surface area contributed by atoms with Crippen LogP contribution in [-0.2, 0) is 60.6 Å². The van der Waals surface area contributed by atoms with Crippen molar-refractivity contribution in [3.8, 4) is 23.1 Å². The van der Waals surface area contributed by atoms with E-state index < -0.39 is 0 Å². The molecule has 6 bridgehead atoms. The lowest BCUT2D eigenvalue weighted by Gasteiger charge is -2.34. The summed E-state index contributed by atoms with van der Waals surface area (Å²) in [6.07, 6.45) is 25.5. The fourth-order valence-corrected chi connectivity index (χ4v) is 17.2. The van der Waals surface area contributed by atoms with Crippen LogP contribution in [0.5, 0.6) is 5.88 Å². The summed E-state index contributed by atoms with van der Waals surface area (Å²) in [6, 6.07) is 37.9. The van der Waals surface area contributed by atoms with Crippen LogP contribution in [0.25, 0.3) is 50.3 Å². The molecule has 5 aromatic carbocycles. The molecule has 12 aromatic rings. The summed E-state index contributed by atoms with van der Waals surface area (Å²) < 4.78 is 16.2. The molecule has 1 saturated heterocycles. The standard InChI is InChI=1S/C31H31N7O2.C30H32N8O2.C25H23N7O3/c1-35-18-21-14-22(7-9-25(21)31(19-35)10-11-31)33-30-32-17-24-28(34-30)38-23-8-6-20-15-27(39)36(26(20)16-23)12-4-2-3-5-13-37(38)29(24)40;1-34-14-16-35(17-15-34)23-10-7-22(8-11-23)32-30-31-20-25-28(33-30)38-24-9-6-21-18-27(39)36(26(21)19-24)12-4-2-3-5-13-37(38)29(25)40;1-30-15-16-13-17(9-10-18(16)23(30)33)27-25-26-14-19-22(29-25)32-20-7-6-8-21(28-20)35-12-5-3-2-4-11-31(32)24(19)34/h3,5-9,14,16-17H,2,4,10-13,15,18-19H2,1H3,(H,32,33,34);3,5-11,19-20H,2,4,12-18H2,1H3,(H,31,32,33);2,4,6-10,13-14H,3,5,11-12,15H2,1H3,(H,26,27,29). The topological polar surface area (TPSA) is 287 Å². The lowest BCUT2D eigenvalue weighted by molar-refractivity contribution is -0.118. The molecule has 2 fully saturated rings. The molecule has 1 saturated carbocycles. The summed E-state index contributed by atoms with van der Waals surface area (Å²) in [6.45, 7) is 9.94. The number of benzene rings is 5. The van der Waals surface area contributed by atoms with E-state index in [0.717, 1.165) is 134 Å². The van der Waals surface area contributed by atoms with Crippen molar-refractivity contribution < 1.29 is 19.1 Å². The first-order chi connectivity index (χ1) is 56.1. The van der Waals surface area contributed by atoms with E-state index >= 15 is 0 Å². The third-order valence-electron chi connectivity index (χ3n) is 23.2. The number of hydrogen-bond acceptors (Lipinski definition) is 20. The van der Waals surface area contributed by atoms with Crippen molar-refractivity contribution in [1.29, 1.82) is 0 Å². The number of fused-ring (bicyclic) bond motifs is 19. The fourth-order valence-electron chi connectivity index (χ4n) is 17.2. The smallest absolute Gasteiger partial charge is 0.278 e. The van der Waals surface area contributed by atoms with Gasteiger partial charge in [0.15, 0.2) is 22.8 Å². The van der Waals surface area contributed by atoms with Crippen molar-refractivity contribution in [3.05, 3.63) is 235 Å². The van der Waals surface area contributed by atoms with Crippen LogP contribution < -0.4 is 52.1 Å². The van der Waals surface area contributed by atoms with E-state index in [-0.39, 0.29) is 34.4 Å². The minimum Gasteiger partial charge on any atom is -0.478 e. The van der Waals surface area contributed by atoms with E-state index in [1.165, 1.54) is 35.9 Å². The lowest BCUT2D eigenvalue weighted by Crippen LogP contribution is -2.44. The van der Waals surface area contributed by atoms with Crippen molar-refractivity contribution in [3.63, 3.8) is 0 Å². The SMILES string of the molecule is CN1CCN(c2ccc(Nc3ncc4c(=O)n5n(c4n3)-c3ccc4c(c3)N(CCCC=CC5)C(=O)C4)cc2)CC1.CN1Cc2cc(Nc3ncc4c(=O)n5n(c4n3)-c3ccc4c(c3)N(CCCC=CC5)C(=O)C4)ccc2C2(CC2)C1.CN1Cc2cc(Nc3ncc4c(=O)n5n(c4n3)-c3cccc(n3)OCCCC=CC5)ccc2C1=O. The molecule has 9 aliphatic rings. The van der Waals surface area contributed by atoms with Crippen molar-refractivity contribution in [2.24, 2.45) is 0 Å². The average Bonchev–Trinajstić information content (AvgIpc) is 1.59. The van der Waals surface area contributed by atoms with Gasteiger partial charge in [0.1, 0.15) is 16.2 Å². The summed E-state index contributed by atoms with van der Waals surface area (Å²) >= 11 is 0. The largest absolute Gasteiger partial charge is 0.478 e. The molecule has 7 aromatic heterocycles. The van der Waals surface area contributed by atoms with Crippen LogP contribution in [0.1, 0.15) is 89.5 Å². The quantitative estimate of drug-likeness (QED) is 0.125. The maximum absolute atomic E-state index is 13.5. The number of pyridine rings is 1. The first-order valence-electron chi connectivity index (χ1n) is 39.6. The maximum Gasteiger partial charge on any atom is 0.278 e. The number of allylic oxidation sites excluding steroid dienone is 6. The van der Waals surface area contributed by atoms with Gasteiger partial charge in [-0.1, -0.05) is 60.7 Å². The Morgan fingerprint density at radius 1 is 0.443 bits per heavy atom. The van der Waals surface area contributed by atoms with Gasteiger partial charge in [-0.05, 0) is 178 Å². The third kappa shape index (κ3) is 13.7. The molecule has 29 heteroatoms. The summed E-state index contributed by atoms with van der Waals surface area (Å²) in [4.78, 5) is 123. The minimum absolute atomic E-state index is 0.0157. The molecule has 115 heavy (non-hydrogen) atoms. The predicted molar refractivity (Wildman–Crippen MR) is 442 cm³/mol. The van der Waals surface area contributed by atoms with Gasteiger partial charge in [0.25, 0.3) is 22.6 Å². The Hall–Kier alpha value is -13.2. The Balaban J connectivity index is 0.000000116. The van der Waals surface area contributed by atoms with Crippen LogP contribution in [0.2, 0.25) is 0 Å². The molecule has 1 spiro atoms. The van der Waals surface area contributed by atoms with E-state index in [4.69, 9.17) is 14.7 Å². The molecule has 29 nitrogen and oxygen atoms in total. The Bertz CT molecular complexity index is 6210. The zero-order valence-corrected chi connectivity index (χ0v) is 64.3. The molecule has 21 rings (SSSR count). The van der Waals surface area contributed by atoms with Gasteiger partial charge in [0.05, 0.1) is 50.5 Å². The molecular formula is C86H86N22O7. The molecule has 3 amide bonds. The van der Waals surface area contributed by atoms with Gasteiger partial charge in [0.2, 0.25) is 35.5 Å². The van der Waals surface area contributed by atoms with Crippen molar-refractivity contribution in [2.45, 2.75) is 102 Å². The van der Waals surface area contributed by atoms with E-state index in [9.17, 15) is 28.8 Å². The highest BCUT2D eigenvalue weighted by Crippen LogP contribution is 2.52. The van der Waals surface area contributed by atoms with Gasteiger partial charge < -0.3 is 50.1 Å². The van der Waals surface area contributed by atoms with Gasteiger partial charge in [-0.15, -0.1) is 0 Å². The zero-order valence-electron chi connectivity index (χ0n) is 64.3. The number of ether oxygens (including phenoxy) is 1. The number of amides is 3. The van der Waals surface area contributed by atoms with Gasteiger partial charge in [-0.25, -0.2) is 43.0 Å². The van der Waals surface area contributed by atoms with Gasteiger partial charge in [0, 0.05) is 136 Å². The number of likely N-dealkylation sites (N-methyl/N-ethyl adjacent to an activating group) is 2. The molecule has 15 heterocycles. The summed E-state index contributed by atoms with van der Waals surface area (Å²) in [5, 5.41) is 11.2. The maximum atomic E-state index is 13.5. The van der Waals surface area contributed by atoms with E-state index in [2.05, 4.69) is 118 Å². The average molecular weight is 1540 g/mol. The molecule has 582 valence electrons. The second kappa shape index (κ2) is 29.7. The van der Waals surface area contributed by atoms with E-state index in [1.807, 2.05) is 110 Å². The van der Waals surface area contributed by atoms with Crippen LogP contribution in [0.15, 0.2) is 185 Å². The van der Waals surface area contributed by atoms with Gasteiger partial charge in [-0.2, -0.15) is 19.9 Å². The number of rotatable bonds is 7. The fraction of sp³-hybridized carbons (Fsp3) is 0.314. The molecule has 1 aliphatic carbocycles. The molecule has 0 radical (unpaired) electrons. The van der Waals surface area contributed by atoms with Crippen LogP contribution in [0, 0.1) is 0 Å². The van der Waals surface area contributed by atoms with Crippen LogP contribution in [-0.4, -0.2) is 169 Å². The minimum atomic E-state index is -0.194. The number of carbonyl (C=O) groups is 3. The third-order valence-corrected chi connectivity index (χ3v) is 23.2. The van der Waals surface area contributed by atoms with Crippen LogP contribution >= 0.6 is 0 Å². The highest BCUT2D eigenvalue weighted by molar-refractivity contribution is 6.03. The molecule has 0 unspecified atom stereocenters. The molecule has 8 aliphatic heterocycles. The highest BCUT2D eigenvalue weighted by atomic mass is 16.5. The number of nitrogens with zero attached hydrogens (tertiary/aromatic N) is 19. The number of carbonyl (C=O) groups excluding carboxylic acids is 3. The Morgan fingerprint density at radius 2 is 0.948 bits per heavy atom. The second-order valence-electron chi connectivity index (χ2n) is 31.1. The second-order valence-corrected chi connectivity index (χ2v) is 31.1. The number of piperazine rings is 1. The van der Waals surface area contributed by atoms with Crippen molar-refractivity contribution in [1.82, 2.24) is 77.7 Å². The van der Waals surface area contributed by atoms with Crippen molar-refractivity contribution >= 4 is 103 Å². The van der Waals surface area contributed by atoms with E-state index in [1.54, 1.807) is 55.2 Å². The number of anilines is 9. The lowest BCUT2D eigenvalue weighted by atomic mass is 9.87. The van der Waals surface area contributed by atoms with E-state index in [0.29, 0.717) is 132 Å². The van der Waals surface area contributed by atoms with Crippen LogP contribution in [0.4, 0.5) is 52.0 Å². The Kier molecular flexibility index (Phi) is 18.7. The normalized spacial score (nSPS) is 17.5. The summed E-state index contributed by atoms with van der Waals surface area (Å²) in [5.74, 6) is 2.49. The first-order valence-corrected chi connectivity index (χ1v) is 39.6. The molecule has 3 N–H and O–H groups in total. The Labute approximate surface area is 660 Å². The molecular weight excluding hydrogens is 1450 g/mol. The summed E-state index contributed by atoms with van der Waals surface area (Å²) in [7, 11) is 6.13. The number of hydrogen-bond donors (Lipinski definition) is 3. The van der Waals surface area contributed by atoms with Crippen molar-refractivity contribution in [2.75, 3.05) is 104 Å². The first kappa shape index (κ1) is 72.1. The summed E-state index contributed by atoms with van der Waals surface area (Å²) in [5.41, 5.74) is 15.1. The predicted octanol–water partition coefficient (Wildman–Crippen LogP) is 10.4. The number of aromatic nitrogens is 13. The number of nitrogens with one attached hydrogen (secondary N) is 3. The van der Waals surface area contributed by atoms with Crippen LogP contribution in [0.3, 0.4) is 0 Å².